The Hall–Kier alpha value is -5.77. The molecule has 0 radical (unpaired) electrons. The Morgan fingerprint density at radius 1 is 0.909 bits per heavy atom. The van der Waals surface area contributed by atoms with E-state index in [2.05, 4.69) is 44.8 Å². The van der Waals surface area contributed by atoms with Gasteiger partial charge >= 0.3 is 0 Å². The van der Waals surface area contributed by atoms with Gasteiger partial charge in [-0.25, -0.2) is 4.98 Å². The van der Waals surface area contributed by atoms with Crippen molar-refractivity contribution in [3.05, 3.63) is 77.3 Å². The molecule has 1 saturated heterocycles. The number of fused-ring (bicyclic) bond motifs is 1. The van der Waals surface area contributed by atoms with Crippen LogP contribution in [-0.4, -0.2) is 114 Å². The van der Waals surface area contributed by atoms with Crippen LogP contribution >= 0.6 is 0 Å². The molecule has 1 fully saturated rings. The summed E-state index contributed by atoms with van der Waals surface area (Å²) in [5.74, 6) is -0.926. The van der Waals surface area contributed by atoms with Crippen LogP contribution in [0.25, 0.3) is 11.0 Å². The molecule has 0 unspecified atom stereocenters. The molecule has 0 aliphatic carbocycles. The number of aryl methyl sites for hydroxylation is 1. The summed E-state index contributed by atoms with van der Waals surface area (Å²) >= 11 is 0. The van der Waals surface area contributed by atoms with E-state index in [-0.39, 0.29) is 37.1 Å². The van der Waals surface area contributed by atoms with E-state index in [0.29, 0.717) is 63.1 Å². The molecule has 2 bridgehead atoms. The second kappa shape index (κ2) is 18.0. The summed E-state index contributed by atoms with van der Waals surface area (Å²) in [6, 6.07) is 14.0. The highest BCUT2D eigenvalue weighted by Gasteiger charge is 2.29. The van der Waals surface area contributed by atoms with E-state index in [1.807, 2.05) is 41.3 Å². The van der Waals surface area contributed by atoms with Gasteiger partial charge in [0.1, 0.15) is 24.5 Å². The lowest BCUT2D eigenvalue weighted by atomic mass is 10.0. The van der Waals surface area contributed by atoms with Gasteiger partial charge in [0.2, 0.25) is 23.5 Å². The average Bonchev–Trinajstić information content (AvgIpc) is 3.80. The average molecular weight is 756 g/mol. The Bertz CT molecular complexity index is 1990. The zero-order valence-electron chi connectivity index (χ0n) is 31.5. The largest absolute Gasteiger partial charge is 0.378 e. The van der Waals surface area contributed by atoms with Gasteiger partial charge in [-0.2, -0.15) is 0 Å². The van der Waals surface area contributed by atoms with E-state index in [0.717, 1.165) is 28.8 Å². The number of ether oxygens (including phenoxy) is 1. The molecule has 4 aromatic rings. The fourth-order valence-electron chi connectivity index (χ4n) is 6.66. The molecular weight excluding hydrogens is 706 g/mol. The minimum absolute atomic E-state index is 0.0113. The maximum absolute atomic E-state index is 13.9. The number of aromatic nitrogens is 3. The van der Waals surface area contributed by atoms with Crippen molar-refractivity contribution >= 4 is 46.4 Å². The molecule has 2 aliphatic rings. The number of nitrogens with one attached hydrogen (secondary N) is 4. The quantitative estimate of drug-likeness (QED) is 0.225. The Morgan fingerprint density at radius 2 is 1.69 bits per heavy atom. The van der Waals surface area contributed by atoms with Crippen LogP contribution in [-0.2, 0) is 38.5 Å². The molecule has 2 aromatic heterocycles. The second-order valence-electron chi connectivity index (χ2n) is 14.3. The molecule has 16 heteroatoms. The number of nitrogens with zero attached hydrogens (tertiary/aromatic N) is 5. The van der Waals surface area contributed by atoms with Crippen LogP contribution < -0.4 is 26.2 Å². The Labute approximate surface area is 319 Å². The lowest BCUT2D eigenvalue weighted by Gasteiger charge is -2.26. The third kappa shape index (κ3) is 10.1. The summed E-state index contributed by atoms with van der Waals surface area (Å²) in [7, 11) is 0. The molecule has 4 N–H and O–H groups in total. The van der Waals surface area contributed by atoms with E-state index >= 15 is 0 Å². The van der Waals surface area contributed by atoms with Crippen molar-refractivity contribution in [2.24, 2.45) is 5.92 Å². The van der Waals surface area contributed by atoms with Crippen molar-refractivity contribution in [3.8, 4) is 0 Å². The maximum atomic E-state index is 13.9. The fourth-order valence-corrected chi connectivity index (χ4v) is 6.66. The maximum Gasteiger partial charge on any atom is 0.293 e. The van der Waals surface area contributed by atoms with E-state index in [1.165, 1.54) is 11.0 Å². The first kappa shape index (κ1) is 38.9. The monoisotopic (exact) mass is 755 g/mol. The first-order valence-corrected chi connectivity index (χ1v) is 18.8. The summed E-state index contributed by atoms with van der Waals surface area (Å²) in [4.78, 5) is 76.0. The van der Waals surface area contributed by atoms with Crippen molar-refractivity contribution < 1.29 is 33.2 Å². The van der Waals surface area contributed by atoms with Gasteiger partial charge in [-0.05, 0) is 43.0 Å². The molecule has 4 heterocycles. The highest BCUT2D eigenvalue weighted by Crippen LogP contribution is 2.22. The van der Waals surface area contributed by atoms with Crippen LogP contribution in [0.15, 0.2) is 59.1 Å². The van der Waals surface area contributed by atoms with Crippen molar-refractivity contribution in [1.29, 1.82) is 0 Å². The number of anilines is 1. The van der Waals surface area contributed by atoms with Crippen molar-refractivity contribution in [3.63, 3.8) is 0 Å². The third-order valence-corrected chi connectivity index (χ3v) is 9.56. The Balaban J connectivity index is 1.28. The summed E-state index contributed by atoms with van der Waals surface area (Å²) < 4.78 is 13.0. The summed E-state index contributed by atoms with van der Waals surface area (Å²) in [6.07, 6.45) is 1.44. The Kier molecular flexibility index (Phi) is 12.8. The van der Waals surface area contributed by atoms with Crippen LogP contribution in [0.2, 0.25) is 0 Å². The van der Waals surface area contributed by atoms with Crippen LogP contribution in [0.1, 0.15) is 59.5 Å². The molecule has 0 spiro atoms. The molecule has 292 valence electrons. The SMILES string of the molecule is CC(C)Cc1nc2ccc3cc2n1CCCNC(=O)[C@@H](C)NC(=O)[C@H](Cc1ccccc1)NC(=O)CN(C(=O)c1cc(N2CCOCC2)no1)CCNC3=O. The predicted octanol–water partition coefficient (Wildman–Crippen LogP) is 1.68. The minimum atomic E-state index is -1.07. The first-order valence-electron chi connectivity index (χ1n) is 18.8. The number of amides is 5. The molecule has 5 amide bonds. The predicted molar refractivity (Wildman–Crippen MR) is 203 cm³/mol. The van der Waals surface area contributed by atoms with Gasteiger partial charge in [0, 0.05) is 63.7 Å². The molecule has 0 saturated carbocycles. The number of benzene rings is 2. The van der Waals surface area contributed by atoms with Gasteiger partial charge in [-0.1, -0.05) is 49.3 Å². The van der Waals surface area contributed by atoms with Crippen LogP contribution in [0.3, 0.4) is 0 Å². The number of hydrogen-bond acceptors (Lipinski definition) is 10. The van der Waals surface area contributed by atoms with E-state index in [4.69, 9.17) is 14.2 Å². The topological polar surface area (TPSA) is 193 Å². The van der Waals surface area contributed by atoms with Crippen LogP contribution in [0.5, 0.6) is 0 Å². The van der Waals surface area contributed by atoms with Gasteiger partial charge in [-0.3, -0.25) is 24.0 Å². The smallest absolute Gasteiger partial charge is 0.293 e. The summed E-state index contributed by atoms with van der Waals surface area (Å²) in [5, 5.41) is 15.4. The molecule has 2 aliphatic heterocycles. The van der Waals surface area contributed by atoms with Crippen molar-refractivity contribution in [2.75, 3.05) is 57.4 Å². The van der Waals surface area contributed by atoms with Crippen LogP contribution in [0, 0.1) is 5.92 Å². The van der Waals surface area contributed by atoms with Crippen molar-refractivity contribution in [1.82, 2.24) is 40.9 Å². The van der Waals surface area contributed by atoms with Gasteiger partial charge < -0.3 is 44.9 Å². The number of rotatable bonds is 6. The third-order valence-electron chi connectivity index (χ3n) is 9.56. The first-order chi connectivity index (χ1) is 26.5. The molecule has 2 aromatic carbocycles. The van der Waals surface area contributed by atoms with E-state index < -0.39 is 36.3 Å². The number of morpholine rings is 1. The number of carbonyl (C=O) groups is 5. The fraction of sp³-hybridized carbons (Fsp3) is 0.462. The lowest BCUT2D eigenvalue weighted by molar-refractivity contribution is -0.132. The minimum Gasteiger partial charge on any atom is -0.378 e. The molecule has 55 heavy (non-hydrogen) atoms. The normalized spacial score (nSPS) is 19.8. The van der Waals surface area contributed by atoms with Crippen LogP contribution in [0.4, 0.5) is 5.82 Å². The zero-order valence-corrected chi connectivity index (χ0v) is 31.5. The van der Waals surface area contributed by atoms with Gasteiger partial charge in [0.05, 0.1) is 24.2 Å². The standard InChI is InChI=1S/C39H49N9O7/c1-25(2)20-33-43-29-11-10-28-22-31(29)48(33)14-7-12-40-36(50)26(3)42-38(52)30(21-27-8-5-4-6-9-27)44-35(49)24-47(15-13-41-37(28)51)39(53)32-23-34(45-55-32)46-16-18-54-19-17-46/h4-6,8-11,22-23,25-26,30H,7,12-21,24H2,1-3H3,(H,40,50)(H,41,51)(H,42,52)(H,44,49)/t26-,30+/m1/s1. The summed E-state index contributed by atoms with van der Waals surface area (Å²) in [5.41, 5.74) is 2.74. The second-order valence-corrected chi connectivity index (χ2v) is 14.3. The van der Waals surface area contributed by atoms with Gasteiger partial charge in [0.25, 0.3) is 11.8 Å². The summed E-state index contributed by atoms with van der Waals surface area (Å²) in [6.45, 7) is 8.37. The molecular formula is C39H49N9O7. The number of imidazole rings is 1. The van der Waals surface area contributed by atoms with Gasteiger partial charge in [0.15, 0.2) is 5.82 Å². The highest BCUT2D eigenvalue weighted by molar-refractivity contribution is 5.98. The molecule has 6 rings (SSSR count). The van der Waals surface area contributed by atoms with E-state index in [9.17, 15) is 24.0 Å². The Morgan fingerprint density at radius 3 is 2.45 bits per heavy atom. The number of carbonyl (C=O) groups excluding carboxylic acids is 5. The lowest BCUT2D eigenvalue weighted by Crippen LogP contribution is -2.55. The highest BCUT2D eigenvalue weighted by atomic mass is 16.5. The number of hydrogen-bond donors (Lipinski definition) is 4. The van der Waals surface area contributed by atoms with Crippen molar-refractivity contribution in [2.45, 2.75) is 58.7 Å². The zero-order chi connectivity index (χ0) is 38.9. The van der Waals surface area contributed by atoms with E-state index in [1.54, 1.807) is 19.1 Å². The van der Waals surface area contributed by atoms with Gasteiger partial charge in [-0.15, -0.1) is 0 Å². The molecule has 16 nitrogen and oxygen atoms in total. The molecule has 2 atom stereocenters.